The Bertz CT molecular complexity index is 327. The van der Waals surface area contributed by atoms with Crippen LogP contribution in [0.1, 0.15) is 36.2 Å². The lowest BCUT2D eigenvalue weighted by Gasteiger charge is -2.05. The number of ketones is 1. The van der Waals surface area contributed by atoms with Crippen molar-refractivity contribution in [1.82, 2.24) is 10.3 Å². The van der Waals surface area contributed by atoms with Gasteiger partial charge in [-0.05, 0) is 19.4 Å². The van der Waals surface area contributed by atoms with Crippen molar-refractivity contribution in [1.29, 1.82) is 0 Å². The summed E-state index contributed by atoms with van der Waals surface area (Å²) in [4.78, 5) is 15.0. The second-order valence-corrected chi connectivity index (χ2v) is 3.67. The Morgan fingerprint density at radius 3 is 3.21 bits per heavy atom. The van der Waals surface area contributed by atoms with Crippen LogP contribution in [0.4, 0.5) is 0 Å². The number of aromatic nitrogens is 1. The quantitative estimate of drug-likeness (QED) is 0.734. The molecule has 2 rings (SSSR count). The number of nitrogens with zero attached hydrogens (tertiary/aromatic N) is 1. The van der Waals surface area contributed by atoms with Gasteiger partial charge in [-0.1, -0.05) is 0 Å². The van der Waals surface area contributed by atoms with Gasteiger partial charge in [-0.3, -0.25) is 4.79 Å². The lowest BCUT2D eigenvalue weighted by Crippen LogP contribution is -2.23. The molecule has 1 aromatic heterocycles. The molecule has 76 valence electrons. The summed E-state index contributed by atoms with van der Waals surface area (Å²) in [5.41, 5.74) is 0. The average Bonchev–Trinajstić information content (AvgIpc) is 2.75. The van der Waals surface area contributed by atoms with Crippen molar-refractivity contribution >= 4 is 5.78 Å². The maximum absolute atomic E-state index is 10.9. The zero-order valence-corrected chi connectivity index (χ0v) is 8.25. The molecule has 1 unspecified atom stereocenters. The highest BCUT2D eigenvalue weighted by Gasteiger charge is 2.17. The molecule has 0 radical (unpaired) electrons. The summed E-state index contributed by atoms with van der Waals surface area (Å²) in [6.07, 6.45) is 4.67. The number of rotatable bonds is 3. The molecule has 1 aromatic rings. The van der Waals surface area contributed by atoms with Crippen LogP contribution in [0.2, 0.25) is 0 Å². The van der Waals surface area contributed by atoms with Gasteiger partial charge in [0.1, 0.15) is 0 Å². The minimum Gasteiger partial charge on any atom is -0.438 e. The first-order chi connectivity index (χ1) is 6.75. The number of nitrogens with one attached hydrogen (secondary N) is 1. The van der Waals surface area contributed by atoms with Crippen molar-refractivity contribution in [2.24, 2.45) is 0 Å². The number of hydrogen-bond donors (Lipinski definition) is 1. The highest BCUT2D eigenvalue weighted by Crippen LogP contribution is 2.12. The van der Waals surface area contributed by atoms with E-state index in [9.17, 15) is 4.79 Å². The van der Waals surface area contributed by atoms with Gasteiger partial charge in [0.25, 0.3) is 0 Å². The van der Waals surface area contributed by atoms with Gasteiger partial charge < -0.3 is 9.73 Å². The van der Waals surface area contributed by atoms with E-state index < -0.39 is 0 Å². The monoisotopic (exact) mass is 194 g/mol. The van der Waals surface area contributed by atoms with Crippen LogP contribution >= 0.6 is 0 Å². The Hall–Kier alpha value is -1.16. The van der Waals surface area contributed by atoms with Gasteiger partial charge in [-0.2, -0.15) is 0 Å². The molecule has 1 N–H and O–H groups in total. The first-order valence-electron chi connectivity index (χ1n) is 4.95. The minimum atomic E-state index is -0.0665. The summed E-state index contributed by atoms with van der Waals surface area (Å²) in [5, 5.41) is 3.36. The molecular formula is C10H14N2O2. The van der Waals surface area contributed by atoms with Gasteiger partial charge in [0.2, 0.25) is 0 Å². The van der Waals surface area contributed by atoms with E-state index >= 15 is 0 Å². The van der Waals surface area contributed by atoms with Crippen LogP contribution in [-0.4, -0.2) is 23.4 Å². The van der Waals surface area contributed by atoms with E-state index in [4.69, 9.17) is 4.42 Å². The van der Waals surface area contributed by atoms with Crippen molar-refractivity contribution in [3.63, 3.8) is 0 Å². The molecule has 0 aromatic carbocycles. The maximum Gasteiger partial charge on any atom is 0.196 e. The largest absolute Gasteiger partial charge is 0.438 e. The van der Waals surface area contributed by atoms with Gasteiger partial charge in [-0.25, -0.2) is 4.98 Å². The highest BCUT2D eigenvalue weighted by molar-refractivity contribution is 5.90. The number of carbonyl (C=O) groups is 1. The van der Waals surface area contributed by atoms with E-state index in [1.54, 1.807) is 0 Å². The third kappa shape index (κ3) is 2.01. The predicted molar refractivity (Wildman–Crippen MR) is 51.2 cm³/mol. The Balaban J connectivity index is 1.98. The predicted octanol–water partition coefficient (Wildman–Crippen LogP) is 1.17. The van der Waals surface area contributed by atoms with Crippen LogP contribution in [0.5, 0.6) is 0 Å². The van der Waals surface area contributed by atoms with E-state index in [0.717, 1.165) is 19.4 Å². The molecule has 4 heteroatoms. The Morgan fingerprint density at radius 2 is 2.64 bits per heavy atom. The number of hydrogen-bond acceptors (Lipinski definition) is 4. The van der Waals surface area contributed by atoms with Gasteiger partial charge in [0.15, 0.2) is 17.4 Å². The molecule has 4 nitrogen and oxygen atoms in total. The molecule has 1 fully saturated rings. The van der Waals surface area contributed by atoms with Crippen LogP contribution in [0.3, 0.4) is 0 Å². The van der Waals surface area contributed by atoms with E-state index in [-0.39, 0.29) is 5.78 Å². The van der Waals surface area contributed by atoms with Crippen LogP contribution in [0.25, 0.3) is 0 Å². The highest BCUT2D eigenvalue weighted by atomic mass is 16.4. The lowest BCUT2D eigenvalue weighted by molar-refractivity contribution is 0.0985. The Kier molecular flexibility index (Phi) is 2.63. The topological polar surface area (TPSA) is 55.1 Å². The zero-order valence-electron chi connectivity index (χ0n) is 8.25. The van der Waals surface area contributed by atoms with E-state index in [1.807, 2.05) is 0 Å². The average molecular weight is 194 g/mol. The number of carbonyl (C=O) groups excluding carboxylic acids is 1. The van der Waals surface area contributed by atoms with Crippen LogP contribution in [-0.2, 0) is 6.42 Å². The Morgan fingerprint density at radius 1 is 1.79 bits per heavy atom. The fraction of sp³-hybridized carbons (Fsp3) is 0.600. The molecule has 1 atom stereocenters. The molecule has 0 aliphatic carbocycles. The third-order valence-corrected chi connectivity index (χ3v) is 2.48. The van der Waals surface area contributed by atoms with Gasteiger partial charge in [-0.15, -0.1) is 0 Å². The zero-order chi connectivity index (χ0) is 9.97. The van der Waals surface area contributed by atoms with E-state index in [0.29, 0.717) is 17.7 Å². The van der Waals surface area contributed by atoms with Gasteiger partial charge in [0, 0.05) is 19.4 Å². The minimum absolute atomic E-state index is 0.0665. The molecule has 2 heterocycles. The molecule has 0 amide bonds. The van der Waals surface area contributed by atoms with Crippen LogP contribution < -0.4 is 5.32 Å². The van der Waals surface area contributed by atoms with E-state index in [2.05, 4.69) is 10.3 Å². The summed E-state index contributed by atoms with van der Waals surface area (Å²) in [5.74, 6) is 0.954. The Labute approximate surface area is 82.7 Å². The maximum atomic E-state index is 10.9. The summed E-state index contributed by atoms with van der Waals surface area (Å²) in [7, 11) is 0. The summed E-state index contributed by atoms with van der Waals surface area (Å²) in [6.45, 7) is 2.56. The number of oxazole rings is 1. The van der Waals surface area contributed by atoms with Crippen molar-refractivity contribution in [2.45, 2.75) is 32.2 Å². The van der Waals surface area contributed by atoms with E-state index in [1.165, 1.54) is 19.5 Å². The number of Topliss-reactive ketones (excluding diaryl/α,β-unsaturated/α-hetero) is 1. The van der Waals surface area contributed by atoms with Crippen molar-refractivity contribution < 1.29 is 9.21 Å². The summed E-state index contributed by atoms with van der Waals surface area (Å²) < 4.78 is 5.31. The van der Waals surface area contributed by atoms with Gasteiger partial charge in [0.05, 0.1) is 6.20 Å². The van der Waals surface area contributed by atoms with Crippen LogP contribution in [0, 0.1) is 0 Å². The normalized spacial score (nSPS) is 21.4. The van der Waals surface area contributed by atoms with Gasteiger partial charge >= 0.3 is 0 Å². The smallest absolute Gasteiger partial charge is 0.196 e. The lowest BCUT2D eigenvalue weighted by atomic mass is 10.2. The second kappa shape index (κ2) is 3.92. The van der Waals surface area contributed by atoms with Crippen molar-refractivity contribution in [3.05, 3.63) is 17.8 Å². The summed E-state index contributed by atoms with van der Waals surface area (Å²) >= 11 is 0. The molecular weight excluding hydrogens is 180 g/mol. The summed E-state index contributed by atoms with van der Waals surface area (Å²) in [6, 6.07) is 0.466. The molecule has 0 saturated carbocycles. The fourth-order valence-electron chi connectivity index (χ4n) is 1.71. The molecule has 1 aliphatic heterocycles. The fourth-order valence-corrected chi connectivity index (χ4v) is 1.71. The third-order valence-electron chi connectivity index (χ3n) is 2.48. The first kappa shape index (κ1) is 9.40. The van der Waals surface area contributed by atoms with Crippen molar-refractivity contribution in [2.75, 3.05) is 6.54 Å². The molecule has 1 saturated heterocycles. The standard InChI is InChI=1S/C10H14N2O2/c1-7(13)9-6-12-10(14-9)5-8-3-2-4-11-8/h6,8,11H,2-5H2,1H3. The first-order valence-corrected chi connectivity index (χ1v) is 4.95. The molecule has 14 heavy (non-hydrogen) atoms. The molecule has 0 spiro atoms. The van der Waals surface area contributed by atoms with Crippen LogP contribution in [0.15, 0.2) is 10.6 Å². The van der Waals surface area contributed by atoms with Crippen molar-refractivity contribution in [3.8, 4) is 0 Å². The second-order valence-electron chi connectivity index (χ2n) is 3.67. The molecule has 0 bridgehead atoms. The SMILES string of the molecule is CC(=O)c1cnc(CC2CCCN2)o1. The molecule has 1 aliphatic rings.